The average molecular weight is 473 g/mol. The second-order valence-corrected chi connectivity index (χ2v) is 12.5. The van der Waals surface area contributed by atoms with Crippen LogP contribution in [0.1, 0.15) is 79.2 Å². The minimum absolute atomic E-state index is 0.129. The fraction of sp³-hybridized carbons (Fsp3) is 0.594. The molecule has 1 aliphatic heterocycles. The summed E-state index contributed by atoms with van der Waals surface area (Å²) in [6.07, 6.45) is 12.2. The van der Waals surface area contributed by atoms with E-state index >= 15 is 0 Å². The standard InChI is InChI=1S/C32H40O3/c1-7-31(6)34-28-19-27-24-17-20(2)26-18-23(22-11-9-8-10-12-22)13-15-29(26,4)25(24)14-16-30(27,5)32(28,35-31)21(3)33/h8-13,17-18,24-25,27-28H,7,14-16,19H2,1-6H3/t24-,25+,27+,28+,29-,30+,31?,32-/m1/s1. The average Bonchev–Trinajstić information content (AvgIpc) is 3.28. The van der Waals surface area contributed by atoms with Crippen LogP contribution in [0.15, 0.2) is 59.7 Å². The summed E-state index contributed by atoms with van der Waals surface area (Å²) >= 11 is 0. The highest BCUT2D eigenvalue weighted by atomic mass is 16.8. The number of hydrogen-bond donors (Lipinski definition) is 0. The molecule has 3 nitrogen and oxygen atoms in total. The molecule has 1 aromatic carbocycles. The van der Waals surface area contributed by atoms with Gasteiger partial charge in [-0.25, -0.2) is 0 Å². The Bertz CT molecular complexity index is 1160. The molecule has 1 aromatic rings. The summed E-state index contributed by atoms with van der Waals surface area (Å²) in [5, 5.41) is 0. The topological polar surface area (TPSA) is 35.5 Å². The lowest BCUT2D eigenvalue weighted by atomic mass is 9.47. The molecular weight excluding hydrogens is 432 g/mol. The first-order chi connectivity index (χ1) is 16.6. The molecule has 186 valence electrons. The number of hydrogen-bond acceptors (Lipinski definition) is 3. The van der Waals surface area contributed by atoms with Gasteiger partial charge in [0.15, 0.2) is 17.2 Å². The first-order valence-electron chi connectivity index (χ1n) is 13.6. The van der Waals surface area contributed by atoms with Crippen LogP contribution in [-0.2, 0) is 14.3 Å². The molecule has 0 N–H and O–H groups in total. The second kappa shape index (κ2) is 7.52. The minimum atomic E-state index is -0.820. The second-order valence-electron chi connectivity index (χ2n) is 12.5. The lowest BCUT2D eigenvalue weighted by molar-refractivity contribution is -0.219. The number of fused-ring (bicyclic) bond motifs is 7. The molecule has 0 amide bonds. The van der Waals surface area contributed by atoms with Crippen LogP contribution in [0.5, 0.6) is 0 Å². The molecule has 1 saturated heterocycles. The van der Waals surface area contributed by atoms with Gasteiger partial charge in [-0.15, -0.1) is 0 Å². The van der Waals surface area contributed by atoms with Gasteiger partial charge in [0, 0.05) is 5.41 Å². The van der Waals surface area contributed by atoms with Crippen molar-refractivity contribution in [2.75, 3.05) is 0 Å². The number of Topliss-reactive ketones (excluding diaryl/α,β-unsaturated/α-hetero) is 1. The van der Waals surface area contributed by atoms with Crippen molar-refractivity contribution in [1.82, 2.24) is 0 Å². The van der Waals surface area contributed by atoms with Gasteiger partial charge in [-0.1, -0.05) is 74.9 Å². The number of ether oxygens (including phenoxy) is 2. The van der Waals surface area contributed by atoms with Gasteiger partial charge < -0.3 is 9.47 Å². The SMILES string of the molecule is CCC1(C)O[C@H]2C[C@H]3[C@@H]4C=C(C)C5=CC(c6ccccc6)=CC[C@]5(C)[C@H]4CC[C@]3(C)[C@]2(C(C)=O)O1. The Morgan fingerprint density at radius 2 is 1.86 bits per heavy atom. The molecule has 8 atom stereocenters. The molecule has 1 heterocycles. The van der Waals surface area contributed by atoms with Gasteiger partial charge in [0.2, 0.25) is 0 Å². The maximum atomic E-state index is 13.4. The Morgan fingerprint density at radius 3 is 2.54 bits per heavy atom. The van der Waals surface area contributed by atoms with Crippen molar-refractivity contribution in [3.63, 3.8) is 0 Å². The van der Waals surface area contributed by atoms with E-state index in [1.165, 1.54) is 22.3 Å². The number of allylic oxidation sites excluding steroid dienone is 6. The minimum Gasteiger partial charge on any atom is -0.343 e. The molecule has 0 bridgehead atoms. The molecular formula is C32H40O3. The van der Waals surface area contributed by atoms with Crippen molar-refractivity contribution in [3.8, 4) is 0 Å². The Labute approximate surface area is 210 Å². The van der Waals surface area contributed by atoms with E-state index in [9.17, 15) is 4.79 Å². The first-order valence-corrected chi connectivity index (χ1v) is 13.6. The summed E-state index contributed by atoms with van der Waals surface area (Å²) in [5.74, 6) is 0.904. The largest absolute Gasteiger partial charge is 0.343 e. The van der Waals surface area contributed by atoms with Crippen LogP contribution in [0.3, 0.4) is 0 Å². The molecule has 35 heavy (non-hydrogen) atoms. The fourth-order valence-corrected chi connectivity index (χ4v) is 8.93. The molecule has 3 fully saturated rings. The highest BCUT2D eigenvalue weighted by Crippen LogP contribution is 2.70. The summed E-state index contributed by atoms with van der Waals surface area (Å²) in [5.41, 5.74) is 4.67. The van der Waals surface area contributed by atoms with Gasteiger partial charge in [-0.3, -0.25) is 4.79 Å². The monoisotopic (exact) mass is 472 g/mol. The third kappa shape index (κ3) is 2.95. The zero-order chi connectivity index (χ0) is 24.8. The smallest absolute Gasteiger partial charge is 0.167 e. The molecule has 0 aromatic heterocycles. The quantitative estimate of drug-likeness (QED) is 0.463. The van der Waals surface area contributed by atoms with Crippen LogP contribution < -0.4 is 0 Å². The predicted molar refractivity (Wildman–Crippen MR) is 139 cm³/mol. The predicted octanol–water partition coefficient (Wildman–Crippen LogP) is 7.29. The third-order valence-corrected chi connectivity index (χ3v) is 10.9. The van der Waals surface area contributed by atoms with Crippen molar-refractivity contribution in [3.05, 3.63) is 65.3 Å². The van der Waals surface area contributed by atoms with E-state index in [1.54, 1.807) is 6.92 Å². The summed E-state index contributed by atoms with van der Waals surface area (Å²) in [4.78, 5) is 13.4. The van der Waals surface area contributed by atoms with E-state index in [0.717, 1.165) is 32.1 Å². The van der Waals surface area contributed by atoms with Gasteiger partial charge in [-0.2, -0.15) is 0 Å². The maximum Gasteiger partial charge on any atom is 0.167 e. The molecule has 0 radical (unpaired) electrons. The van der Waals surface area contributed by atoms with Gasteiger partial charge in [0.1, 0.15) is 0 Å². The van der Waals surface area contributed by atoms with E-state index in [4.69, 9.17) is 9.47 Å². The Hall–Kier alpha value is -1.97. The summed E-state index contributed by atoms with van der Waals surface area (Å²) in [6.45, 7) is 13.0. The van der Waals surface area contributed by atoms with Crippen molar-refractivity contribution in [2.45, 2.75) is 91.1 Å². The Balaban J connectivity index is 1.40. The van der Waals surface area contributed by atoms with E-state index in [2.05, 4.69) is 76.3 Å². The molecule has 5 aliphatic rings. The molecule has 3 heteroatoms. The number of rotatable bonds is 3. The Kier molecular flexibility index (Phi) is 5.04. The molecule has 2 saturated carbocycles. The number of carbonyl (C=O) groups is 1. The summed E-state index contributed by atoms with van der Waals surface area (Å²) < 4.78 is 13.3. The maximum absolute atomic E-state index is 13.4. The number of ketones is 1. The number of benzene rings is 1. The van der Waals surface area contributed by atoms with Crippen LogP contribution >= 0.6 is 0 Å². The van der Waals surface area contributed by atoms with Crippen LogP contribution in [0.2, 0.25) is 0 Å². The fourth-order valence-electron chi connectivity index (χ4n) is 8.93. The summed E-state index contributed by atoms with van der Waals surface area (Å²) in [6, 6.07) is 10.8. The van der Waals surface area contributed by atoms with Crippen molar-refractivity contribution >= 4 is 11.4 Å². The molecule has 0 spiro atoms. The zero-order valence-electron chi connectivity index (χ0n) is 22.2. The highest BCUT2D eigenvalue weighted by Gasteiger charge is 2.75. The van der Waals surface area contributed by atoms with E-state index < -0.39 is 11.4 Å². The zero-order valence-corrected chi connectivity index (χ0v) is 22.2. The van der Waals surface area contributed by atoms with Crippen molar-refractivity contribution in [1.29, 1.82) is 0 Å². The highest BCUT2D eigenvalue weighted by molar-refractivity contribution is 5.88. The summed E-state index contributed by atoms with van der Waals surface area (Å²) in [7, 11) is 0. The first kappa shape index (κ1) is 23.4. The Morgan fingerprint density at radius 1 is 1.11 bits per heavy atom. The van der Waals surface area contributed by atoms with Crippen LogP contribution in [-0.4, -0.2) is 23.3 Å². The van der Waals surface area contributed by atoms with Gasteiger partial charge in [-0.05, 0) is 92.8 Å². The van der Waals surface area contributed by atoms with Gasteiger partial charge in [0.25, 0.3) is 0 Å². The van der Waals surface area contributed by atoms with E-state index in [0.29, 0.717) is 17.8 Å². The van der Waals surface area contributed by atoms with Gasteiger partial charge in [0.05, 0.1) is 6.10 Å². The normalized spacial score (nSPS) is 45.9. The molecule has 6 rings (SSSR count). The van der Waals surface area contributed by atoms with Crippen LogP contribution in [0.4, 0.5) is 0 Å². The van der Waals surface area contributed by atoms with E-state index in [-0.39, 0.29) is 22.7 Å². The van der Waals surface area contributed by atoms with Gasteiger partial charge >= 0.3 is 0 Å². The molecule has 1 unspecified atom stereocenters. The molecule has 4 aliphatic carbocycles. The van der Waals surface area contributed by atoms with Crippen molar-refractivity contribution in [2.24, 2.45) is 28.6 Å². The lowest BCUT2D eigenvalue weighted by Crippen LogP contribution is -2.59. The van der Waals surface area contributed by atoms with Crippen LogP contribution in [0, 0.1) is 28.6 Å². The third-order valence-electron chi connectivity index (χ3n) is 10.9. The van der Waals surface area contributed by atoms with Crippen molar-refractivity contribution < 1.29 is 14.3 Å². The lowest BCUT2D eigenvalue weighted by Gasteiger charge is -2.58. The van der Waals surface area contributed by atoms with Crippen LogP contribution in [0.25, 0.3) is 5.57 Å². The number of carbonyl (C=O) groups excluding carboxylic acids is 1. The van der Waals surface area contributed by atoms with E-state index in [1.807, 2.05) is 6.92 Å².